The van der Waals surface area contributed by atoms with Crippen LogP contribution in [0.1, 0.15) is 11.8 Å². The van der Waals surface area contributed by atoms with Gasteiger partial charge in [-0.1, -0.05) is 11.6 Å². The number of halogens is 2. The molecule has 2 N–H and O–H groups in total. The van der Waals surface area contributed by atoms with E-state index in [4.69, 9.17) is 16.3 Å². The molecule has 134 valence electrons. The second kappa shape index (κ2) is 9.65. The lowest BCUT2D eigenvalue weighted by atomic mass is 10.3. The molecule has 1 heterocycles. The van der Waals surface area contributed by atoms with E-state index < -0.39 is 12.0 Å². The molecule has 0 saturated carbocycles. The van der Waals surface area contributed by atoms with Gasteiger partial charge in [-0.25, -0.2) is 4.39 Å². The summed E-state index contributed by atoms with van der Waals surface area (Å²) in [6.45, 7) is 1.53. The van der Waals surface area contributed by atoms with Gasteiger partial charge in [0.25, 0.3) is 5.91 Å². The maximum atomic E-state index is 12.8. The molecule has 0 aliphatic carbocycles. The Morgan fingerprint density at radius 3 is 2.60 bits per heavy atom. The molecule has 0 saturated heterocycles. The summed E-state index contributed by atoms with van der Waals surface area (Å²) in [6.07, 6.45) is -0.841. The zero-order valence-corrected chi connectivity index (χ0v) is 15.6. The quantitative estimate of drug-likeness (QED) is 0.696. The average Bonchev–Trinajstić information content (AvgIpc) is 3.00. The normalized spacial score (nSPS) is 11.6. The number of benzene rings is 1. The first-order valence-electron chi connectivity index (χ1n) is 7.27. The van der Waals surface area contributed by atoms with Crippen molar-refractivity contribution in [3.8, 4) is 5.75 Å². The number of amides is 2. The molecule has 0 radical (unpaired) electrons. The van der Waals surface area contributed by atoms with Crippen LogP contribution in [0.4, 0.5) is 4.39 Å². The second-order valence-corrected chi connectivity index (χ2v) is 7.74. The van der Waals surface area contributed by atoms with Crippen LogP contribution in [0.5, 0.6) is 5.75 Å². The van der Waals surface area contributed by atoms with Crippen molar-refractivity contribution in [2.45, 2.75) is 18.8 Å². The van der Waals surface area contributed by atoms with E-state index in [9.17, 15) is 14.0 Å². The van der Waals surface area contributed by atoms with E-state index in [2.05, 4.69) is 10.9 Å². The van der Waals surface area contributed by atoms with E-state index >= 15 is 0 Å². The number of nitrogens with one attached hydrogen (secondary N) is 2. The Morgan fingerprint density at radius 1 is 1.24 bits per heavy atom. The van der Waals surface area contributed by atoms with Crippen LogP contribution in [0.2, 0.25) is 4.34 Å². The maximum Gasteiger partial charge on any atom is 0.279 e. The van der Waals surface area contributed by atoms with Crippen LogP contribution < -0.4 is 15.6 Å². The molecule has 1 atom stereocenters. The van der Waals surface area contributed by atoms with Gasteiger partial charge in [0.2, 0.25) is 5.91 Å². The van der Waals surface area contributed by atoms with Gasteiger partial charge in [0.15, 0.2) is 6.10 Å². The minimum atomic E-state index is -0.841. The largest absolute Gasteiger partial charge is 0.481 e. The van der Waals surface area contributed by atoms with E-state index in [0.717, 1.165) is 4.88 Å². The number of carbonyl (C=O) groups excluding carboxylic acids is 2. The van der Waals surface area contributed by atoms with Crippen LogP contribution in [0.25, 0.3) is 0 Å². The Kier molecular flexibility index (Phi) is 7.54. The van der Waals surface area contributed by atoms with Crippen molar-refractivity contribution in [2.24, 2.45) is 0 Å². The predicted octanol–water partition coefficient (Wildman–Crippen LogP) is 3.39. The molecular weight excluding hydrogens is 387 g/mol. The van der Waals surface area contributed by atoms with E-state index in [1.165, 1.54) is 54.3 Å². The number of hydrogen-bond donors (Lipinski definition) is 2. The number of carbonyl (C=O) groups is 2. The van der Waals surface area contributed by atoms with Gasteiger partial charge in [0.05, 0.1) is 10.1 Å². The fraction of sp³-hybridized carbons (Fsp3) is 0.250. The van der Waals surface area contributed by atoms with E-state index in [1.54, 1.807) is 0 Å². The van der Waals surface area contributed by atoms with E-state index in [1.807, 2.05) is 12.1 Å². The van der Waals surface area contributed by atoms with Gasteiger partial charge in [0.1, 0.15) is 11.6 Å². The van der Waals surface area contributed by atoms with Gasteiger partial charge in [-0.2, -0.15) is 0 Å². The number of rotatable bonds is 7. The fourth-order valence-electron chi connectivity index (χ4n) is 1.71. The van der Waals surface area contributed by atoms with Crippen molar-refractivity contribution in [3.63, 3.8) is 0 Å². The fourth-order valence-corrected chi connectivity index (χ4v) is 3.74. The molecule has 0 spiro atoms. The number of ether oxygens (including phenoxy) is 1. The predicted molar refractivity (Wildman–Crippen MR) is 98.3 cm³/mol. The lowest BCUT2D eigenvalue weighted by molar-refractivity contribution is -0.131. The number of thioether (sulfide) groups is 1. The van der Waals surface area contributed by atoms with E-state index in [-0.39, 0.29) is 17.5 Å². The monoisotopic (exact) mass is 402 g/mol. The molecular formula is C16H16ClFN2O3S2. The van der Waals surface area contributed by atoms with Gasteiger partial charge in [-0.3, -0.25) is 20.4 Å². The Hall–Kier alpha value is -1.77. The molecule has 0 fully saturated rings. The SMILES string of the molecule is C[C@@H](Oc1ccc(F)cc1)C(=O)NNC(=O)CSCc1ccc(Cl)s1. The Morgan fingerprint density at radius 2 is 1.96 bits per heavy atom. The van der Waals surface area contributed by atoms with Crippen molar-refractivity contribution in [1.82, 2.24) is 10.9 Å². The smallest absolute Gasteiger partial charge is 0.279 e. The highest BCUT2D eigenvalue weighted by Crippen LogP contribution is 2.24. The molecule has 2 amide bonds. The molecule has 1 aromatic heterocycles. The van der Waals surface area contributed by atoms with Crippen LogP contribution in [-0.2, 0) is 15.3 Å². The van der Waals surface area contributed by atoms with Crippen molar-refractivity contribution in [2.75, 3.05) is 5.75 Å². The zero-order valence-electron chi connectivity index (χ0n) is 13.3. The Labute approximate surface area is 157 Å². The Bertz CT molecular complexity index is 724. The maximum absolute atomic E-state index is 12.8. The third kappa shape index (κ3) is 6.93. The summed E-state index contributed by atoms with van der Waals surface area (Å²) in [5.41, 5.74) is 4.62. The van der Waals surface area contributed by atoms with Crippen LogP contribution in [-0.4, -0.2) is 23.7 Å². The van der Waals surface area contributed by atoms with Crippen molar-refractivity contribution >= 4 is 46.5 Å². The highest BCUT2D eigenvalue weighted by atomic mass is 35.5. The van der Waals surface area contributed by atoms with Gasteiger partial charge < -0.3 is 4.74 Å². The van der Waals surface area contributed by atoms with Crippen LogP contribution in [0.15, 0.2) is 36.4 Å². The van der Waals surface area contributed by atoms with Crippen LogP contribution >= 0.6 is 34.7 Å². The minimum Gasteiger partial charge on any atom is -0.481 e. The van der Waals surface area contributed by atoms with Crippen molar-refractivity contribution in [3.05, 3.63) is 51.4 Å². The minimum absolute atomic E-state index is 0.197. The molecule has 2 aromatic rings. The molecule has 0 aliphatic heterocycles. The highest BCUT2D eigenvalue weighted by molar-refractivity contribution is 7.99. The summed E-state index contributed by atoms with van der Waals surface area (Å²) in [6, 6.07) is 9.04. The third-order valence-corrected chi connectivity index (χ3v) is 5.32. The first-order valence-corrected chi connectivity index (χ1v) is 9.62. The van der Waals surface area contributed by atoms with Gasteiger partial charge in [-0.05, 0) is 43.3 Å². The Balaban J connectivity index is 1.65. The molecule has 5 nitrogen and oxygen atoms in total. The average molecular weight is 403 g/mol. The molecule has 25 heavy (non-hydrogen) atoms. The number of hydrogen-bond acceptors (Lipinski definition) is 5. The van der Waals surface area contributed by atoms with Gasteiger partial charge in [0, 0.05) is 10.6 Å². The van der Waals surface area contributed by atoms with Crippen molar-refractivity contribution < 1.29 is 18.7 Å². The number of thiophene rings is 1. The molecule has 1 aromatic carbocycles. The standard InChI is InChI=1S/C16H16ClFN2O3S2/c1-10(23-12-4-2-11(18)3-5-12)16(22)20-19-15(21)9-24-8-13-6-7-14(17)25-13/h2-7,10H,8-9H2,1H3,(H,19,21)(H,20,22)/t10-/m1/s1. The van der Waals surface area contributed by atoms with Crippen LogP contribution in [0, 0.1) is 5.82 Å². The molecule has 0 aliphatic rings. The molecule has 9 heteroatoms. The summed E-state index contributed by atoms with van der Waals surface area (Å²) >= 11 is 8.71. The topological polar surface area (TPSA) is 67.4 Å². The molecule has 2 rings (SSSR count). The summed E-state index contributed by atoms with van der Waals surface area (Å²) in [7, 11) is 0. The molecule has 0 unspecified atom stereocenters. The number of hydrazine groups is 1. The van der Waals surface area contributed by atoms with E-state index in [0.29, 0.717) is 15.8 Å². The second-order valence-electron chi connectivity index (χ2n) is 4.95. The molecule has 0 bridgehead atoms. The lowest BCUT2D eigenvalue weighted by Crippen LogP contribution is -2.47. The lowest BCUT2D eigenvalue weighted by Gasteiger charge is -2.15. The third-order valence-electron chi connectivity index (χ3n) is 2.93. The summed E-state index contributed by atoms with van der Waals surface area (Å²) in [5.74, 6) is 0.00790. The first kappa shape index (κ1) is 19.6. The van der Waals surface area contributed by atoms with Crippen LogP contribution in [0.3, 0.4) is 0 Å². The summed E-state index contributed by atoms with van der Waals surface area (Å²) < 4.78 is 18.9. The highest BCUT2D eigenvalue weighted by Gasteiger charge is 2.15. The van der Waals surface area contributed by atoms with Gasteiger partial charge in [-0.15, -0.1) is 23.1 Å². The zero-order chi connectivity index (χ0) is 18.2. The summed E-state index contributed by atoms with van der Waals surface area (Å²) in [5, 5.41) is 0. The van der Waals surface area contributed by atoms with Gasteiger partial charge >= 0.3 is 0 Å². The van der Waals surface area contributed by atoms with Crippen molar-refractivity contribution in [1.29, 1.82) is 0 Å². The summed E-state index contributed by atoms with van der Waals surface area (Å²) in [4.78, 5) is 24.7. The first-order chi connectivity index (χ1) is 11.9.